The fraction of sp³-hybridized carbons (Fsp3) is 0.583. The zero-order valence-corrected chi connectivity index (χ0v) is 11.7. The van der Waals surface area contributed by atoms with Gasteiger partial charge in [0.05, 0.1) is 11.0 Å². The average molecular weight is 283 g/mol. The molecule has 8 nitrogen and oxygen atoms in total. The van der Waals surface area contributed by atoms with Crippen LogP contribution >= 0.6 is 0 Å². The summed E-state index contributed by atoms with van der Waals surface area (Å²) in [6.45, 7) is 4.20. The summed E-state index contributed by atoms with van der Waals surface area (Å²) in [4.78, 5) is 14.4. The Hall–Kier alpha value is -1.93. The summed E-state index contributed by atoms with van der Waals surface area (Å²) in [6, 6.07) is 2.73. The van der Waals surface area contributed by atoms with Gasteiger partial charge in [-0.2, -0.15) is 0 Å². The van der Waals surface area contributed by atoms with Crippen molar-refractivity contribution < 1.29 is 10.0 Å². The predicted molar refractivity (Wildman–Crippen MR) is 77.3 cm³/mol. The fourth-order valence-electron chi connectivity index (χ4n) is 2.01. The summed E-state index contributed by atoms with van der Waals surface area (Å²) in [6.07, 6.45) is 1.11. The van der Waals surface area contributed by atoms with E-state index < -0.39 is 11.0 Å². The third-order valence-corrected chi connectivity index (χ3v) is 3.29. The second-order valence-corrected chi connectivity index (χ2v) is 4.49. The van der Waals surface area contributed by atoms with E-state index in [0.717, 1.165) is 12.8 Å². The number of aromatic nitrogens is 1. The fourth-order valence-corrected chi connectivity index (χ4v) is 2.01. The molecule has 8 heteroatoms. The van der Waals surface area contributed by atoms with E-state index in [9.17, 15) is 15.2 Å². The number of hydrogen-bond acceptors (Lipinski definition) is 7. The van der Waals surface area contributed by atoms with Crippen molar-refractivity contribution in [2.45, 2.75) is 32.8 Å². The Morgan fingerprint density at radius 2 is 2.10 bits per heavy atom. The maximum atomic E-state index is 10.9. The number of hydrogen-bond donors (Lipinski definition) is 4. The van der Waals surface area contributed by atoms with Gasteiger partial charge in [-0.1, -0.05) is 26.7 Å². The number of nitrogen functional groups attached to an aromatic ring is 1. The van der Waals surface area contributed by atoms with Gasteiger partial charge in [-0.25, -0.2) is 10.8 Å². The Kier molecular flexibility index (Phi) is 6.13. The van der Waals surface area contributed by atoms with Crippen LogP contribution in [0, 0.1) is 16.0 Å². The van der Waals surface area contributed by atoms with E-state index >= 15 is 0 Å². The molecule has 0 bridgehead atoms. The number of anilines is 2. The molecule has 1 aromatic heterocycles. The van der Waals surface area contributed by atoms with Crippen LogP contribution in [-0.2, 0) is 0 Å². The van der Waals surface area contributed by atoms with Gasteiger partial charge in [-0.3, -0.25) is 10.1 Å². The van der Waals surface area contributed by atoms with E-state index in [1.807, 2.05) is 13.8 Å². The van der Waals surface area contributed by atoms with E-state index in [4.69, 9.17) is 5.84 Å². The van der Waals surface area contributed by atoms with E-state index in [2.05, 4.69) is 15.7 Å². The van der Waals surface area contributed by atoms with Gasteiger partial charge in [0, 0.05) is 12.6 Å². The topological polar surface area (TPSA) is 126 Å². The lowest BCUT2D eigenvalue weighted by atomic mass is 9.96. The summed E-state index contributed by atoms with van der Waals surface area (Å²) < 4.78 is 0. The van der Waals surface area contributed by atoms with Crippen molar-refractivity contribution in [3.63, 3.8) is 0 Å². The lowest BCUT2D eigenvalue weighted by Gasteiger charge is -2.20. The number of nitrogens with two attached hydrogens (primary N) is 1. The second-order valence-electron chi connectivity index (χ2n) is 4.49. The van der Waals surface area contributed by atoms with Crippen LogP contribution in [0.3, 0.4) is 0 Å². The summed E-state index contributed by atoms with van der Waals surface area (Å²) >= 11 is 0. The molecule has 0 fully saturated rings. The van der Waals surface area contributed by atoms with Gasteiger partial charge >= 0.3 is 5.69 Å². The van der Waals surface area contributed by atoms with Crippen LogP contribution in [0.5, 0.6) is 0 Å². The number of aliphatic hydroxyl groups excluding tert-OH is 1. The molecule has 20 heavy (non-hydrogen) atoms. The second kappa shape index (κ2) is 7.61. The van der Waals surface area contributed by atoms with Gasteiger partial charge in [0.15, 0.2) is 0 Å². The molecule has 1 unspecified atom stereocenters. The number of rotatable bonds is 8. The van der Waals surface area contributed by atoms with E-state index in [1.165, 1.54) is 12.1 Å². The SMILES string of the molecule is CCC(CC)C(O)CNc1nc(NN)ccc1[N+](=O)[O-]. The first-order valence-electron chi connectivity index (χ1n) is 6.57. The minimum Gasteiger partial charge on any atom is -0.391 e. The molecular formula is C12H21N5O3. The molecule has 0 saturated heterocycles. The highest BCUT2D eigenvalue weighted by molar-refractivity contribution is 5.60. The lowest BCUT2D eigenvalue weighted by Crippen LogP contribution is -2.28. The summed E-state index contributed by atoms with van der Waals surface area (Å²) in [5.74, 6) is 5.79. The summed E-state index contributed by atoms with van der Waals surface area (Å²) in [5, 5.41) is 23.8. The van der Waals surface area contributed by atoms with Gasteiger partial charge in [-0.15, -0.1) is 0 Å². The highest BCUT2D eigenvalue weighted by Crippen LogP contribution is 2.24. The van der Waals surface area contributed by atoms with Crippen LogP contribution < -0.4 is 16.6 Å². The molecule has 0 saturated carbocycles. The largest absolute Gasteiger partial charge is 0.391 e. The summed E-state index contributed by atoms with van der Waals surface area (Å²) in [5.41, 5.74) is 2.18. The van der Waals surface area contributed by atoms with E-state index in [1.54, 1.807) is 0 Å². The number of nitro groups is 1. The Morgan fingerprint density at radius 3 is 2.60 bits per heavy atom. The molecule has 0 aromatic carbocycles. The van der Waals surface area contributed by atoms with Gasteiger partial charge in [0.2, 0.25) is 5.82 Å². The highest BCUT2D eigenvalue weighted by atomic mass is 16.6. The smallest absolute Gasteiger partial charge is 0.311 e. The van der Waals surface area contributed by atoms with Gasteiger partial charge in [-0.05, 0) is 12.0 Å². The third kappa shape index (κ3) is 4.04. The molecule has 112 valence electrons. The predicted octanol–water partition coefficient (Wildman–Crippen LogP) is 1.48. The number of aliphatic hydroxyl groups is 1. The van der Waals surface area contributed by atoms with Crippen LogP contribution in [0.2, 0.25) is 0 Å². The van der Waals surface area contributed by atoms with Crippen molar-refractivity contribution in [2.75, 3.05) is 17.3 Å². The molecule has 1 heterocycles. The molecule has 0 aliphatic carbocycles. The van der Waals surface area contributed by atoms with Crippen molar-refractivity contribution >= 4 is 17.3 Å². The standard InChI is InChI=1S/C12H21N5O3/c1-3-8(4-2)10(18)7-14-12-9(17(19)20)5-6-11(15-12)16-13/h5-6,8,10,18H,3-4,7,13H2,1-2H3,(H2,14,15,16). The van der Waals surface area contributed by atoms with Crippen molar-refractivity contribution in [1.82, 2.24) is 4.98 Å². The van der Waals surface area contributed by atoms with E-state index in [0.29, 0.717) is 5.82 Å². The molecule has 1 atom stereocenters. The molecule has 5 N–H and O–H groups in total. The third-order valence-electron chi connectivity index (χ3n) is 3.29. The van der Waals surface area contributed by atoms with Gasteiger partial charge in [0.1, 0.15) is 5.82 Å². The van der Waals surface area contributed by atoms with Crippen LogP contribution in [0.25, 0.3) is 0 Å². The van der Waals surface area contributed by atoms with Crippen molar-refractivity contribution in [1.29, 1.82) is 0 Å². The molecule has 0 radical (unpaired) electrons. The maximum absolute atomic E-state index is 10.9. The first-order chi connectivity index (χ1) is 9.53. The molecule has 0 aliphatic rings. The van der Waals surface area contributed by atoms with Crippen molar-refractivity contribution in [2.24, 2.45) is 11.8 Å². The first kappa shape index (κ1) is 16.1. The quantitative estimate of drug-likeness (QED) is 0.323. The minimum absolute atomic E-state index is 0.0930. The van der Waals surface area contributed by atoms with Crippen LogP contribution in [0.15, 0.2) is 12.1 Å². The van der Waals surface area contributed by atoms with Crippen LogP contribution in [0.4, 0.5) is 17.3 Å². The molecule has 1 aromatic rings. The molecule has 0 amide bonds. The Labute approximate surface area is 117 Å². The lowest BCUT2D eigenvalue weighted by molar-refractivity contribution is -0.384. The van der Waals surface area contributed by atoms with Crippen LogP contribution in [0.1, 0.15) is 26.7 Å². The first-order valence-corrected chi connectivity index (χ1v) is 6.57. The van der Waals surface area contributed by atoms with Crippen LogP contribution in [-0.4, -0.2) is 27.7 Å². The minimum atomic E-state index is -0.583. The number of nitrogens with zero attached hydrogens (tertiary/aromatic N) is 2. The van der Waals surface area contributed by atoms with Crippen molar-refractivity contribution in [3.8, 4) is 0 Å². The molecule has 0 aliphatic heterocycles. The maximum Gasteiger partial charge on any atom is 0.311 e. The molecule has 1 rings (SSSR count). The zero-order valence-electron chi connectivity index (χ0n) is 11.7. The number of hydrazine groups is 1. The Balaban J connectivity index is 2.82. The van der Waals surface area contributed by atoms with Crippen molar-refractivity contribution in [3.05, 3.63) is 22.2 Å². The summed E-state index contributed by atoms with van der Waals surface area (Å²) in [7, 11) is 0. The van der Waals surface area contributed by atoms with Gasteiger partial charge in [0.25, 0.3) is 0 Å². The average Bonchev–Trinajstić information content (AvgIpc) is 2.45. The molecule has 0 spiro atoms. The van der Waals surface area contributed by atoms with Gasteiger partial charge < -0.3 is 15.8 Å². The molecular weight excluding hydrogens is 262 g/mol. The number of nitrogens with one attached hydrogen (secondary N) is 2. The Morgan fingerprint density at radius 1 is 1.45 bits per heavy atom. The Bertz CT molecular complexity index is 451. The zero-order chi connectivity index (χ0) is 15.1. The number of pyridine rings is 1. The van der Waals surface area contributed by atoms with E-state index in [-0.39, 0.29) is 24.0 Å². The monoisotopic (exact) mass is 283 g/mol. The highest BCUT2D eigenvalue weighted by Gasteiger charge is 2.19. The normalized spacial score (nSPS) is 12.2.